The van der Waals surface area contributed by atoms with Crippen LogP contribution in [0, 0.1) is 12.3 Å². The first-order valence-corrected chi connectivity index (χ1v) is 3.74. The average Bonchev–Trinajstić information content (AvgIpc) is 2.34. The Kier molecular flexibility index (Phi) is 2.20. The molecule has 3 heteroatoms. The molecule has 1 unspecified atom stereocenters. The zero-order valence-corrected chi connectivity index (χ0v) is 6.79. The molecule has 0 radical (unpaired) electrons. The zero-order chi connectivity index (χ0) is 9.19. The van der Waals surface area contributed by atoms with Crippen LogP contribution < -0.4 is 0 Å². The van der Waals surface area contributed by atoms with Crippen molar-refractivity contribution in [2.45, 2.75) is 18.6 Å². The molecule has 1 amide bonds. The number of carbonyl (C=O) groups is 1. The highest BCUT2D eigenvalue weighted by molar-refractivity contribution is 5.80. The van der Waals surface area contributed by atoms with E-state index >= 15 is 0 Å². The number of aliphatic hydroxyl groups is 1. The number of likely N-dealkylation sites (tertiary alicyclic amines) is 1. The van der Waals surface area contributed by atoms with Gasteiger partial charge < -0.3 is 5.11 Å². The van der Waals surface area contributed by atoms with E-state index < -0.39 is 5.72 Å². The standard InChI is InChI=1S/C9H11NO2/c1-3-7-10-8(11)5-6-9(10,12)4-2/h1,4,12H,2,5-7H2. The topological polar surface area (TPSA) is 40.5 Å². The van der Waals surface area contributed by atoms with Gasteiger partial charge in [0.1, 0.15) is 0 Å². The molecule has 0 aromatic heterocycles. The van der Waals surface area contributed by atoms with Gasteiger partial charge in [-0.05, 0) is 6.08 Å². The molecule has 1 aliphatic rings. The molecule has 1 atom stereocenters. The normalized spacial score (nSPS) is 28.7. The molecule has 1 fully saturated rings. The highest BCUT2D eigenvalue weighted by Gasteiger charge is 2.40. The number of rotatable bonds is 2. The molecule has 0 aromatic rings. The predicted octanol–water partition coefficient (Wildman–Crippen LogP) is 0.117. The van der Waals surface area contributed by atoms with E-state index in [1.165, 1.54) is 11.0 Å². The maximum Gasteiger partial charge on any atom is 0.226 e. The Bertz CT molecular complexity index is 254. The third kappa shape index (κ3) is 1.21. The van der Waals surface area contributed by atoms with Gasteiger partial charge >= 0.3 is 0 Å². The molecule has 1 heterocycles. The summed E-state index contributed by atoms with van der Waals surface area (Å²) in [5, 5.41) is 9.75. The van der Waals surface area contributed by atoms with Crippen molar-refractivity contribution >= 4 is 5.91 Å². The van der Waals surface area contributed by atoms with Crippen molar-refractivity contribution in [2.24, 2.45) is 0 Å². The molecule has 1 rings (SSSR count). The zero-order valence-electron chi connectivity index (χ0n) is 6.79. The molecule has 1 aliphatic heterocycles. The smallest absolute Gasteiger partial charge is 0.226 e. The Labute approximate surface area is 71.7 Å². The van der Waals surface area contributed by atoms with Gasteiger partial charge in [0, 0.05) is 12.8 Å². The van der Waals surface area contributed by atoms with E-state index in [-0.39, 0.29) is 12.5 Å². The molecule has 1 N–H and O–H groups in total. The first-order valence-electron chi connectivity index (χ1n) is 3.74. The van der Waals surface area contributed by atoms with Gasteiger partial charge in [-0.2, -0.15) is 0 Å². The highest BCUT2D eigenvalue weighted by Crippen LogP contribution is 2.27. The van der Waals surface area contributed by atoms with Gasteiger partial charge in [0.2, 0.25) is 5.91 Å². The Morgan fingerprint density at radius 3 is 3.08 bits per heavy atom. The summed E-state index contributed by atoms with van der Waals surface area (Å²) in [5.41, 5.74) is -1.22. The molecule has 0 aliphatic carbocycles. The molecule has 3 nitrogen and oxygen atoms in total. The van der Waals surface area contributed by atoms with E-state index in [0.29, 0.717) is 12.8 Å². The fourth-order valence-corrected chi connectivity index (χ4v) is 1.31. The second-order valence-electron chi connectivity index (χ2n) is 2.77. The fraction of sp³-hybridized carbons (Fsp3) is 0.444. The van der Waals surface area contributed by atoms with Crippen LogP contribution in [0.2, 0.25) is 0 Å². The summed E-state index contributed by atoms with van der Waals surface area (Å²) in [5.74, 6) is 2.21. The maximum absolute atomic E-state index is 11.2. The van der Waals surface area contributed by atoms with E-state index in [4.69, 9.17) is 6.42 Å². The predicted molar refractivity (Wildman–Crippen MR) is 44.9 cm³/mol. The molecule has 64 valence electrons. The Hall–Kier alpha value is -1.27. The molecule has 0 aromatic carbocycles. The molecule has 0 saturated carbocycles. The van der Waals surface area contributed by atoms with E-state index in [9.17, 15) is 9.90 Å². The molecular formula is C9H11NO2. The third-order valence-corrected chi connectivity index (χ3v) is 2.05. The first kappa shape index (κ1) is 8.82. The monoisotopic (exact) mass is 165 g/mol. The first-order chi connectivity index (χ1) is 5.64. The van der Waals surface area contributed by atoms with Gasteiger partial charge in [-0.15, -0.1) is 6.42 Å². The van der Waals surface area contributed by atoms with Crippen molar-refractivity contribution in [2.75, 3.05) is 6.54 Å². The minimum Gasteiger partial charge on any atom is -0.367 e. The molecular weight excluding hydrogens is 154 g/mol. The van der Waals surface area contributed by atoms with Crippen molar-refractivity contribution < 1.29 is 9.90 Å². The lowest BCUT2D eigenvalue weighted by Crippen LogP contribution is -2.44. The van der Waals surface area contributed by atoms with Crippen LogP contribution in [0.5, 0.6) is 0 Å². The number of hydrogen-bond donors (Lipinski definition) is 1. The molecule has 1 saturated heterocycles. The SMILES string of the molecule is C#CCN1C(=O)CCC1(O)C=C. The van der Waals surface area contributed by atoms with Crippen LogP contribution in [0.4, 0.5) is 0 Å². The number of hydrogen-bond acceptors (Lipinski definition) is 2. The van der Waals surface area contributed by atoms with Gasteiger partial charge in [0.15, 0.2) is 5.72 Å². The van der Waals surface area contributed by atoms with Crippen molar-refractivity contribution in [1.29, 1.82) is 0 Å². The van der Waals surface area contributed by atoms with Crippen molar-refractivity contribution in [3.8, 4) is 12.3 Å². The van der Waals surface area contributed by atoms with Crippen LogP contribution in [0.1, 0.15) is 12.8 Å². The fourth-order valence-electron chi connectivity index (χ4n) is 1.31. The minimum absolute atomic E-state index is 0.115. The van der Waals surface area contributed by atoms with Crippen molar-refractivity contribution in [3.63, 3.8) is 0 Å². The third-order valence-electron chi connectivity index (χ3n) is 2.05. The van der Waals surface area contributed by atoms with Crippen LogP contribution in [0.25, 0.3) is 0 Å². The average molecular weight is 165 g/mol. The largest absolute Gasteiger partial charge is 0.367 e. The summed E-state index contributed by atoms with van der Waals surface area (Å²) in [6.07, 6.45) is 7.14. The Morgan fingerprint density at radius 1 is 1.92 bits per heavy atom. The van der Waals surface area contributed by atoms with Crippen LogP contribution in [-0.4, -0.2) is 28.2 Å². The van der Waals surface area contributed by atoms with E-state index in [1.807, 2.05) is 0 Å². The van der Waals surface area contributed by atoms with Crippen LogP contribution >= 0.6 is 0 Å². The van der Waals surface area contributed by atoms with E-state index in [0.717, 1.165) is 0 Å². The number of amides is 1. The van der Waals surface area contributed by atoms with Crippen LogP contribution in [-0.2, 0) is 4.79 Å². The van der Waals surface area contributed by atoms with Gasteiger partial charge in [0.05, 0.1) is 6.54 Å². The lowest BCUT2D eigenvalue weighted by atomic mass is 10.1. The molecule has 12 heavy (non-hydrogen) atoms. The quantitative estimate of drug-likeness (QED) is 0.466. The second-order valence-corrected chi connectivity index (χ2v) is 2.77. The van der Waals surface area contributed by atoms with Crippen LogP contribution in [0.15, 0.2) is 12.7 Å². The number of carbonyl (C=O) groups excluding carboxylic acids is 1. The summed E-state index contributed by atoms with van der Waals surface area (Å²) in [6, 6.07) is 0. The lowest BCUT2D eigenvalue weighted by molar-refractivity contribution is -0.137. The maximum atomic E-state index is 11.2. The minimum atomic E-state index is -1.22. The second kappa shape index (κ2) is 3.00. The lowest BCUT2D eigenvalue weighted by Gasteiger charge is -2.28. The summed E-state index contributed by atoms with van der Waals surface area (Å²) >= 11 is 0. The molecule has 0 spiro atoms. The van der Waals surface area contributed by atoms with Gasteiger partial charge in [0.25, 0.3) is 0 Å². The molecule has 0 bridgehead atoms. The van der Waals surface area contributed by atoms with Gasteiger partial charge in [-0.25, -0.2) is 0 Å². The summed E-state index contributed by atoms with van der Waals surface area (Å²) in [7, 11) is 0. The van der Waals surface area contributed by atoms with Gasteiger partial charge in [-0.3, -0.25) is 9.69 Å². The number of terminal acetylenes is 1. The van der Waals surface area contributed by atoms with Crippen molar-refractivity contribution in [1.82, 2.24) is 4.90 Å². The van der Waals surface area contributed by atoms with Crippen LogP contribution in [0.3, 0.4) is 0 Å². The Balaban J connectivity index is 2.85. The summed E-state index contributed by atoms with van der Waals surface area (Å²) in [6.45, 7) is 3.61. The van der Waals surface area contributed by atoms with E-state index in [2.05, 4.69) is 12.5 Å². The summed E-state index contributed by atoms with van der Waals surface area (Å²) < 4.78 is 0. The highest BCUT2D eigenvalue weighted by atomic mass is 16.3. The van der Waals surface area contributed by atoms with Gasteiger partial charge in [-0.1, -0.05) is 12.5 Å². The number of nitrogens with zero attached hydrogens (tertiary/aromatic N) is 1. The summed E-state index contributed by atoms with van der Waals surface area (Å²) in [4.78, 5) is 12.4. The Morgan fingerprint density at radius 2 is 2.58 bits per heavy atom. The van der Waals surface area contributed by atoms with Crippen molar-refractivity contribution in [3.05, 3.63) is 12.7 Å². The van der Waals surface area contributed by atoms with E-state index in [1.54, 1.807) is 0 Å².